The lowest BCUT2D eigenvalue weighted by atomic mass is 9.95. The molecule has 21 heterocycles. The average Bonchev–Trinajstić information content (AvgIpc) is 3.41. The van der Waals surface area contributed by atoms with Crippen LogP contribution in [0.1, 0.15) is 0 Å². The van der Waals surface area contributed by atoms with Crippen LogP contribution in [0.25, 0.3) is 0 Å². The molecule has 0 aliphatic carbocycles. The summed E-state index contributed by atoms with van der Waals surface area (Å²) in [6, 6.07) is 0. The summed E-state index contributed by atoms with van der Waals surface area (Å²) in [5, 5.41) is 207. The number of aliphatic hydroxyl groups is 19. The number of hydrogen-bond acceptors (Lipinski definition) is 33. The highest BCUT2D eigenvalue weighted by Crippen LogP contribution is 2.38. The van der Waals surface area contributed by atoms with E-state index in [1.165, 1.54) is 12.2 Å². The Morgan fingerprint density at radius 3 is 0.653 bits per heavy atom. The van der Waals surface area contributed by atoms with Gasteiger partial charge in [0.05, 0.1) is 46.2 Å². The van der Waals surface area contributed by atoms with Gasteiger partial charge in [-0.25, -0.2) is 0 Å². The van der Waals surface area contributed by atoms with Crippen LogP contribution in [0.15, 0.2) is 12.2 Å². The molecule has 0 saturated carbocycles. The lowest BCUT2D eigenvalue weighted by Gasteiger charge is -2.50. The van der Waals surface area contributed by atoms with Gasteiger partial charge in [-0.3, -0.25) is 0 Å². The molecule has 33 atom stereocenters. The first-order valence-corrected chi connectivity index (χ1v) is 24.1. The second kappa shape index (κ2) is 25.5. The van der Waals surface area contributed by atoms with Crippen LogP contribution in [0.3, 0.4) is 0 Å². The van der Waals surface area contributed by atoms with Gasteiger partial charge in [-0.05, 0) is 6.08 Å². The Labute approximate surface area is 424 Å². The summed E-state index contributed by atoms with van der Waals surface area (Å²) in [6.07, 6.45) is -59.4. The van der Waals surface area contributed by atoms with Gasteiger partial charge in [-0.2, -0.15) is 0 Å². The number of rotatable bonds is 7. The summed E-state index contributed by atoms with van der Waals surface area (Å²) < 4.78 is 80.2. The van der Waals surface area contributed by atoms with E-state index in [2.05, 4.69) is 0 Å². The summed E-state index contributed by atoms with van der Waals surface area (Å²) in [5.74, 6) is 0. The SMILES string of the molecule is OC[C@H]1O[C@@H]2O[C@H]3[C@H](O)[C@@H](O)[C@@H](O[C@H]4[C@H](O)[C@@H](O)[C@@H](O[C@H]5[C@H](O)[C@@H](O)[C@@H](O[C@H]6[C@H](O)[C@@H](O)[C@@H](O[C@H]7[C@H](O)[C@@H](O)[C@@H](O[C@H]8C=C[C@@H](O[C@H]1[C@H](O)[C@H]2O)O[C@@H]8CO)O[C@@H]7CO)O[C@@H]6CO)O[C@@H]5CO)O[C@@H]4CO)O[C@@H]3CO. The molecule has 21 rings (SSSR count). The highest BCUT2D eigenvalue weighted by molar-refractivity contribution is 5.04. The van der Waals surface area contributed by atoms with E-state index in [0.29, 0.717) is 0 Å². The molecule has 33 heteroatoms. The molecule has 75 heavy (non-hydrogen) atoms. The van der Waals surface area contributed by atoms with E-state index in [4.69, 9.17) is 66.3 Å². The summed E-state index contributed by atoms with van der Waals surface area (Å²) >= 11 is 0. The molecule has 8 fully saturated rings. The van der Waals surface area contributed by atoms with Gasteiger partial charge in [-0.1, -0.05) is 6.08 Å². The molecular weight excluding hydrogens is 1030 g/mol. The smallest absolute Gasteiger partial charge is 0.187 e. The van der Waals surface area contributed by atoms with E-state index in [1.54, 1.807) is 0 Å². The van der Waals surface area contributed by atoms with Crippen molar-refractivity contribution >= 4 is 0 Å². The third kappa shape index (κ3) is 11.9. The maximum atomic E-state index is 11.3. The Kier molecular flexibility index (Phi) is 20.2. The lowest BCUT2D eigenvalue weighted by molar-refractivity contribution is -0.396. The van der Waals surface area contributed by atoms with Crippen LogP contribution in [0.5, 0.6) is 0 Å². The van der Waals surface area contributed by atoms with Crippen LogP contribution in [0.2, 0.25) is 0 Å². The van der Waals surface area contributed by atoms with Gasteiger partial charge >= 0.3 is 0 Å². The fraction of sp³-hybridized carbons (Fsp3) is 0.952. The molecule has 14 bridgehead atoms. The number of hydrogen-bond donors (Lipinski definition) is 19. The van der Waals surface area contributed by atoms with Crippen LogP contribution >= 0.6 is 0 Å². The molecule has 434 valence electrons. The van der Waals surface area contributed by atoms with Gasteiger partial charge in [0, 0.05) is 0 Å². The first kappa shape index (κ1) is 59.5. The van der Waals surface area contributed by atoms with E-state index < -0.39 is 249 Å². The van der Waals surface area contributed by atoms with Crippen molar-refractivity contribution in [1.29, 1.82) is 0 Å². The van der Waals surface area contributed by atoms with Crippen molar-refractivity contribution < 1.29 is 163 Å². The second-order valence-electron chi connectivity index (χ2n) is 19.1. The normalized spacial score (nSPS) is 54.3. The Balaban J connectivity index is 1.07. The van der Waals surface area contributed by atoms with Crippen LogP contribution in [0.4, 0.5) is 0 Å². The lowest BCUT2D eigenvalue weighted by Crippen LogP contribution is -2.68. The third-order valence-corrected chi connectivity index (χ3v) is 14.3. The molecule has 8 saturated heterocycles. The second-order valence-corrected chi connectivity index (χ2v) is 19.1. The van der Waals surface area contributed by atoms with Crippen molar-refractivity contribution in [3.63, 3.8) is 0 Å². The molecule has 0 aromatic rings. The minimum atomic E-state index is -2.18. The minimum absolute atomic E-state index is 0.810. The highest BCUT2D eigenvalue weighted by atomic mass is 16.8. The van der Waals surface area contributed by atoms with E-state index in [1.807, 2.05) is 0 Å². The molecule has 19 N–H and O–H groups in total. The predicted molar refractivity (Wildman–Crippen MR) is 226 cm³/mol. The fourth-order valence-electron chi connectivity index (χ4n) is 10.1. The van der Waals surface area contributed by atoms with Gasteiger partial charge in [0.2, 0.25) is 0 Å². The van der Waals surface area contributed by atoms with Crippen molar-refractivity contribution in [3.8, 4) is 0 Å². The highest BCUT2D eigenvalue weighted by Gasteiger charge is 2.58. The topological polar surface area (TPSA) is 514 Å². The standard InChI is InChI=1S/C42H68O33/c43-3-11-10-1-2-18(62-11)70-31-12(4-44)65-38(26(57)19(31)50)72-33-14(6-46)67-40(28(59)21(33)52)74-35-16(8-48)69-42(30(61)23(35)54)75-36-17(9-49)68-41(29(60)24(36)55)73-34-15(7-47)66-39(27(58)22(34)53)71-32-13(5-45)64-37(63-10)25(56)20(32)51/h1-2,10-61H,3-9H2/t10-,11+,12+,13+,14+,15+,16+,17+,18+,19+,20+,21+,22+,23+,24+,25+,26+,27+,28+,29+,30+,31+,32+,33+,34+,35+,36+,37-,38+,39+,40+,41+,42+/m0/s1. The maximum Gasteiger partial charge on any atom is 0.187 e. The van der Waals surface area contributed by atoms with Crippen LogP contribution in [-0.4, -0.2) is 346 Å². The number of ether oxygens (including phenoxy) is 14. The average molecular weight is 1100 g/mol. The molecular formula is C42H68O33. The molecule has 0 aromatic heterocycles. The van der Waals surface area contributed by atoms with E-state index in [0.717, 1.165) is 0 Å². The van der Waals surface area contributed by atoms with Gasteiger partial charge in [0.25, 0.3) is 0 Å². The monoisotopic (exact) mass is 1100 g/mol. The Bertz CT molecular complexity index is 1800. The van der Waals surface area contributed by atoms with Crippen molar-refractivity contribution in [1.82, 2.24) is 0 Å². The zero-order valence-electron chi connectivity index (χ0n) is 39.4. The summed E-state index contributed by atoms with van der Waals surface area (Å²) in [4.78, 5) is 0. The number of aliphatic hydroxyl groups excluding tert-OH is 19. The van der Waals surface area contributed by atoms with Gasteiger partial charge in [0.15, 0.2) is 44.0 Å². The minimum Gasteiger partial charge on any atom is -0.394 e. The molecule has 0 spiro atoms. The maximum absolute atomic E-state index is 11.3. The van der Waals surface area contributed by atoms with E-state index >= 15 is 0 Å². The molecule has 21 aliphatic rings. The Morgan fingerprint density at radius 2 is 0.427 bits per heavy atom. The van der Waals surface area contributed by atoms with Crippen molar-refractivity contribution in [3.05, 3.63) is 12.2 Å². The van der Waals surface area contributed by atoms with Crippen molar-refractivity contribution in [2.24, 2.45) is 0 Å². The molecule has 21 aliphatic heterocycles. The van der Waals surface area contributed by atoms with Gasteiger partial charge in [-0.15, -0.1) is 0 Å². The molecule has 0 radical (unpaired) electrons. The summed E-state index contributed by atoms with van der Waals surface area (Å²) in [7, 11) is 0. The van der Waals surface area contributed by atoms with Crippen LogP contribution in [-0.2, 0) is 66.3 Å². The van der Waals surface area contributed by atoms with Crippen molar-refractivity contribution in [2.45, 2.75) is 203 Å². The largest absolute Gasteiger partial charge is 0.394 e. The summed E-state index contributed by atoms with van der Waals surface area (Å²) in [6.45, 7) is -6.72. The fourth-order valence-corrected chi connectivity index (χ4v) is 10.1. The molecule has 0 amide bonds. The van der Waals surface area contributed by atoms with Gasteiger partial charge < -0.3 is 163 Å². The molecule has 0 aromatic carbocycles. The predicted octanol–water partition coefficient (Wildman–Crippen LogP) is -13.4. The zero-order chi connectivity index (χ0) is 54.3. The van der Waals surface area contributed by atoms with E-state index in [9.17, 15) is 97.0 Å². The first-order chi connectivity index (χ1) is 35.8. The molecule has 0 unspecified atom stereocenters. The van der Waals surface area contributed by atoms with E-state index in [-0.39, 0.29) is 0 Å². The van der Waals surface area contributed by atoms with Crippen LogP contribution < -0.4 is 0 Å². The Hall–Kier alpha value is -1.58. The third-order valence-electron chi connectivity index (χ3n) is 14.3. The first-order valence-electron chi connectivity index (χ1n) is 24.1. The quantitative estimate of drug-likeness (QED) is 0.105. The Morgan fingerprint density at radius 1 is 0.213 bits per heavy atom. The van der Waals surface area contributed by atoms with Gasteiger partial charge in [0.1, 0.15) is 159 Å². The molecule has 33 nitrogen and oxygen atoms in total. The zero-order valence-corrected chi connectivity index (χ0v) is 39.4. The van der Waals surface area contributed by atoms with Crippen LogP contribution in [0, 0.1) is 0 Å². The van der Waals surface area contributed by atoms with Crippen molar-refractivity contribution in [2.75, 3.05) is 46.2 Å². The summed E-state index contributed by atoms with van der Waals surface area (Å²) in [5.41, 5.74) is 0.